The van der Waals surface area contributed by atoms with Crippen LogP contribution in [0.2, 0.25) is 0 Å². The maximum absolute atomic E-state index is 13.8. The van der Waals surface area contributed by atoms with Gasteiger partial charge in [-0.2, -0.15) is 0 Å². The molecule has 0 spiro atoms. The fourth-order valence-electron chi connectivity index (χ4n) is 9.08. The first-order valence-electron chi connectivity index (χ1n) is 17.4. The smallest absolute Gasteiger partial charge is 0.243 e. The van der Waals surface area contributed by atoms with Gasteiger partial charge >= 0.3 is 0 Å². The van der Waals surface area contributed by atoms with Gasteiger partial charge in [-0.05, 0) is 95.4 Å². The van der Waals surface area contributed by atoms with Gasteiger partial charge in [-0.1, -0.05) is 76.6 Å². The fraction of sp³-hybridized carbons (Fsp3) is 0.605. The van der Waals surface area contributed by atoms with Crippen LogP contribution in [0.25, 0.3) is 0 Å². The van der Waals surface area contributed by atoms with Gasteiger partial charge in [0.05, 0.1) is 25.7 Å². The molecular weight excluding hydrogens is 574 g/mol. The maximum atomic E-state index is 13.8. The predicted molar refractivity (Wildman–Crippen MR) is 183 cm³/mol. The second-order valence-electron chi connectivity index (χ2n) is 14.9. The number of benzene rings is 2. The van der Waals surface area contributed by atoms with Crippen molar-refractivity contribution in [1.82, 2.24) is 15.1 Å². The Morgan fingerprint density at radius 1 is 0.957 bits per heavy atom. The lowest BCUT2D eigenvalue weighted by molar-refractivity contribution is -0.143. The molecule has 4 atom stereocenters. The summed E-state index contributed by atoms with van der Waals surface area (Å²) in [5, 5.41) is 3.51. The molecule has 8 nitrogen and oxygen atoms in total. The van der Waals surface area contributed by atoms with E-state index < -0.39 is 5.91 Å². The number of fused-ring (bicyclic) bond motifs is 4. The van der Waals surface area contributed by atoms with Gasteiger partial charge in [0, 0.05) is 19.6 Å². The Labute approximate surface area is 275 Å². The standard InChI is InChI=1S/C38H55N5O3/c1-26(2)28-13-15-31-29(21-28)14-16-33-37(3,17-8-18-38(31,33)4)25-41-22-35(45)42(20-19-39)24-36(46)43(23-34(40)44)32-12-7-10-27-9-5-6-11-30(27)32/h5-6,9,11,13,15,21,26,32-33,41H,7-8,10,12,14,16-20,22-25,39H2,1-4H3,(H2,40,44). The molecule has 5 N–H and O–H groups in total. The fourth-order valence-corrected chi connectivity index (χ4v) is 9.08. The van der Waals surface area contributed by atoms with E-state index in [0.717, 1.165) is 57.1 Å². The zero-order valence-electron chi connectivity index (χ0n) is 28.4. The highest BCUT2D eigenvalue weighted by Crippen LogP contribution is 2.57. The van der Waals surface area contributed by atoms with Crippen LogP contribution in [0.3, 0.4) is 0 Å². The van der Waals surface area contributed by atoms with Crippen LogP contribution in [-0.4, -0.2) is 66.8 Å². The lowest BCUT2D eigenvalue weighted by Crippen LogP contribution is -2.54. The summed E-state index contributed by atoms with van der Waals surface area (Å²) in [6.07, 6.45) is 8.36. The Bertz CT molecular complexity index is 1420. The van der Waals surface area contributed by atoms with E-state index in [2.05, 4.69) is 57.3 Å². The van der Waals surface area contributed by atoms with Crippen molar-refractivity contribution < 1.29 is 14.4 Å². The van der Waals surface area contributed by atoms with Crippen LogP contribution >= 0.6 is 0 Å². The number of aryl methyl sites for hydroxylation is 2. The number of hydrogen-bond acceptors (Lipinski definition) is 5. The first-order chi connectivity index (χ1) is 22.0. The minimum Gasteiger partial charge on any atom is -0.368 e. The van der Waals surface area contributed by atoms with E-state index >= 15 is 0 Å². The Morgan fingerprint density at radius 2 is 1.74 bits per heavy atom. The molecule has 1 saturated carbocycles. The van der Waals surface area contributed by atoms with Crippen molar-refractivity contribution in [2.45, 2.75) is 96.4 Å². The van der Waals surface area contributed by atoms with E-state index in [1.165, 1.54) is 33.6 Å². The van der Waals surface area contributed by atoms with Gasteiger partial charge in [-0.3, -0.25) is 14.4 Å². The largest absolute Gasteiger partial charge is 0.368 e. The molecule has 0 heterocycles. The summed E-state index contributed by atoms with van der Waals surface area (Å²) in [6.45, 7) is 10.5. The van der Waals surface area contributed by atoms with Crippen LogP contribution in [0.1, 0.15) is 106 Å². The molecular formula is C38H55N5O3. The number of nitrogens with two attached hydrogens (primary N) is 2. The van der Waals surface area contributed by atoms with Gasteiger partial charge in [0.25, 0.3) is 0 Å². The van der Waals surface area contributed by atoms with Crippen LogP contribution in [0.5, 0.6) is 0 Å². The SMILES string of the molecule is CC(C)c1ccc2c(c1)CCC1C(C)(CNCC(=O)N(CCN)CC(=O)N(CC(N)=O)C3CCCc4ccccc43)CCCC21C. The Morgan fingerprint density at radius 3 is 2.48 bits per heavy atom. The average molecular weight is 630 g/mol. The van der Waals surface area contributed by atoms with E-state index in [4.69, 9.17) is 11.5 Å². The molecule has 8 heteroatoms. The van der Waals surface area contributed by atoms with Crippen molar-refractivity contribution in [1.29, 1.82) is 0 Å². The molecule has 2 aromatic carbocycles. The van der Waals surface area contributed by atoms with E-state index in [0.29, 0.717) is 11.8 Å². The van der Waals surface area contributed by atoms with Crippen molar-refractivity contribution in [3.05, 3.63) is 70.3 Å². The molecule has 3 aliphatic rings. The van der Waals surface area contributed by atoms with Crippen LogP contribution < -0.4 is 16.8 Å². The van der Waals surface area contributed by atoms with Crippen molar-refractivity contribution in [2.24, 2.45) is 22.8 Å². The van der Waals surface area contributed by atoms with Crippen molar-refractivity contribution >= 4 is 17.7 Å². The number of primary amides is 1. The molecule has 5 rings (SSSR count). The van der Waals surface area contributed by atoms with E-state index in [9.17, 15) is 14.4 Å². The summed E-state index contributed by atoms with van der Waals surface area (Å²) in [4.78, 5) is 42.5. The maximum Gasteiger partial charge on any atom is 0.243 e. The lowest BCUT2D eigenvalue weighted by Gasteiger charge is -2.55. The van der Waals surface area contributed by atoms with Crippen molar-refractivity contribution in [3.63, 3.8) is 0 Å². The summed E-state index contributed by atoms with van der Waals surface area (Å²) in [5.41, 5.74) is 18.4. The summed E-state index contributed by atoms with van der Waals surface area (Å²) in [5.74, 6) is 0.0565. The molecule has 1 fully saturated rings. The van der Waals surface area contributed by atoms with E-state index in [1.807, 2.05) is 18.2 Å². The third-order valence-electron chi connectivity index (χ3n) is 11.4. The van der Waals surface area contributed by atoms with Crippen LogP contribution in [0.4, 0.5) is 0 Å². The zero-order valence-corrected chi connectivity index (χ0v) is 28.4. The number of carbonyl (C=O) groups is 3. The van der Waals surface area contributed by atoms with E-state index in [-0.39, 0.29) is 61.4 Å². The summed E-state index contributed by atoms with van der Waals surface area (Å²) in [7, 11) is 0. The van der Waals surface area contributed by atoms with Gasteiger partial charge in [-0.15, -0.1) is 0 Å². The summed E-state index contributed by atoms with van der Waals surface area (Å²) < 4.78 is 0. The van der Waals surface area contributed by atoms with Crippen LogP contribution in [0.15, 0.2) is 42.5 Å². The third-order valence-corrected chi connectivity index (χ3v) is 11.4. The molecule has 0 aromatic heterocycles. The molecule has 0 aliphatic heterocycles. The normalized spacial score (nSPS) is 25.3. The molecule has 3 aliphatic carbocycles. The summed E-state index contributed by atoms with van der Waals surface area (Å²) >= 11 is 0. The Balaban J connectivity index is 1.24. The molecule has 0 bridgehead atoms. The third kappa shape index (κ3) is 7.03. The van der Waals surface area contributed by atoms with Crippen LogP contribution in [0, 0.1) is 11.3 Å². The quantitative estimate of drug-likeness (QED) is 0.317. The van der Waals surface area contributed by atoms with Crippen molar-refractivity contribution in [3.8, 4) is 0 Å². The predicted octanol–water partition coefficient (Wildman–Crippen LogP) is 4.59. The van der Waals surface area contributed by atoms with Gasteiger partial charge < -0.3 is 26.6 Å². The highest BCUT2D eigenvalue weighted by atomic mass is 16.2. The lowest BCUT2D eigenvalue weighted by atomic mass is 9.49. The number of hydrogen-bond donors (Lipinski definition) is 3. The minimum absolute atomic E-state index is 0.0584. The zero-order chi connectivity index (χ0) is 33.1. The first-order valence-corrected chi connectivity index (χ1v) is 17.4. The van der Waals surface area contributed by atoms with E-state index in [1.54, 1.807) is 4.90 Å². The topological polar surface area (TPSA) is 122 Å². The Kier molecular flexibility index (Phi) is 10.6. The number of carbonyl (C=O) groups excluding carboxylic acids is 3. The highest BCUT2D eigenvalue weighted by molar-refractivity contribution is 5.88. The van der Waals surface area contributed by atoms with Crippen molar-refractivity contribution in [2.75, 3.05) is 39.3 Å². The number of nitrogens with one attached hydrogen (secondary N) is 1. The van der Waals surface area contributed by atoms with Gasteiger partial charge in [0.15, 0.2) is 0 Å². The second-order valence-corrected chi connectivity index (χ2v) is 14.9. The number of nitrogens with zero attached hydrogens (tertiary/aromatic N) is 2. The minimum atomic E-state index is -0.562. The highest BCUT2D eigenvalue weighted by Gasteiger charge is 2.51. The molecule has 46 heavy (non-hydrogen) atoms. The monoisotopic (exact) mass is 629 g/mol. The van der Waals surface area contributed by atoms with Gasteiger partial charge in [0.1, 0.15) is 0 Å². The molecule has 4 unspecified atom stereocenters. The molecule has 2 aromatic rings. The number of rotatable bonds is 12. The van der Waals surface area contributed by atoms with Crippen LogP contribution in [-0.2, 0) is 32.6 Å². The molecule has 0 saturated heterocycles. The average Bonchev–Trinajstić information content (AvgIpc) is 3.02. The second kappa shape index (κ2) is 14.3. The Hall–Kier alpha value is -3.23. The molecule has 3 amide bonds. The summed E-state index contributed by atoms with van der Waals surface area (Å²) in [6, 6.07) is 15.0. The van der Waals surface area contributed by atoms with Gasteiger partial charge in [0.2, 0.25) is 17.7 Å². The molecule has 250 valence electrons. The molecule has 0 radical (unpaired) electrons. The first kappa shape index (κ1) is 34.1. The number of amides is 3. The van der Waals surface area contributed by atoms with Gasteiger partial charge in [-0.25, -0.2) is 0 Å².